The van der Waals surface area contributed by atoms with Gasteiger partial charge in [-0.1, -0.05) is 41.9 Å². The zero-order valence-corrected chi connectivity index (χ0v) is 15.4. The van der Waals surface area contributed by atoms with E-state index < -0.39 is 28.0 Å². The number of halogens is 1. The van der Waals surface area contributed by atoms with Crippen molar-refractivity contribution in [2.75, 3.05) is 0 Å². The van der Waals surface area contributed by atoms with E-state index in [2.05, 4.69) is 5.32 Å². The monoisotopic (exact) mass is 396 g/mol. The normalized spacial score (nSPS) is 12.3. The van der Waals surface area contributed by atoms with Crippen LogP contribution in [0.3, 0.4) is 0 Å². The second kappa shape index (κ2) is 8.31. The Morgan fingerprint density at radius 1 is 1.19 bits per heavy atom. The lowest BCUT2D eigenvalue weighted by Crippen LogP contribution is -2.35. The lowest BCUT2D eigenvalue weighted by Gasteiger charge is -2.14. The van der Waals surface area contributed by atoms with E-state index in [0.717, 1.165) is 11.6 Å². The van der Waals surface area contributed by atoms with Crippen LogP contribution in [-0.2, 0) is 26.1 Å². The van der Waals surface area contributed by atoms with Crippen LogP contribution in [0.25, 0.3) is 0 Å². The maximum atomic E-state index is 12.2. The third kappa shape index (κ3) is 5.29. The first-order valence-electron chi connectivity index (χ1n) is 7.53. The Kier molecular flexibility index (Phi) is 6.36. The van der Waals surface area contributed by atoms with Gasteiger partial charge in [0.1, 0.15) is 0 Å². The molecule has 7 nitrogen and oxygen atoms in total. The second-order valence-electron chi connectivity index (χ2n) is 5.44. The molecule has 2 rings (SSSR count). The Morgan fingerprint density at radius 2 is 1.85 bits per heavy atom. The van der Waals surface area contributed by atoms with Crippen molar-refractivity contribution in [2.45, 2.75) is 24.5 Å². The van der Waals surface area contributed by atoms with E-state index in [-0.39, 0.29) is 22.0 Å². The fraction of sp³-hybridized carbons (Fsp3) is 0.176. The molecule has 0 bridgehead atoms. The first-order chi connectivity index (χ1) is 12.2. The number of carbonyl (C=O) groups excluding carboxylic acids is 2. The van der Waals surface area contributed by atoms with Gasteiger partial charge >= 0.3 is 5.97 Å². The number of hydrogen-bond donors (Lipinski definition) is 2. The number of amides is 1. The number of rotatable bonds is 6. The molecule has 2 aromatic carbocycles. The molecule has 1 amide bonds. The Morgan fingerprint density at radius 3 is 2.46 bits per heavy atom. The smallest absolute Gasteiger partial charge is 0.340 e. The first kappa shape index (κ1) is 19.9. The van der Waals surface area contributed by atoms with Crippen molar-refractivity contribution < 1.29 is 22.7 Å². The van der Waals surface area contributed by atoms with E-state index in [1.54, 1.807) is 0 Å². The molecule has 9 heteroatoms. The summed E-state index contributed by atoms with van der Waals surface area (Å²) < 4.78 is 27.8. The molecule has 0 heterocycles. The summed E-state index contributed by atoms with van der Waals surface area (Å²) in [4.78, 5) is 24.0. The Balaban J connectivity index is 2.03. The zero-order valence-electron chi connectivity index (χ0n) is 13.8. The number of esters is 1. The molecule has 0 aromatic heterocycles. The predicted octanol–water partition coefficient (Wildman–Crippen LogP) is 1.85. The van der Waals surface area contributed by atoms with Crippen LogP contribution in [0.2, 0.25) is 5.02 Å². The molecule has 3 N–H and O–H groups in total. The van der Waals surface area contributed by atoms with Gasteiger partial charge in [-0.25, -0.2) is 18.4 Å². The minimum atomic E-state index is -4.01. The average molecular weight is 397 g/mol. The second-order valence-corrected chi connectivity index (χ2v) is 7.41. The van der Waals surface area contributed by atoms with Crippen molar-refractivity contribution in [1.29, 1.82) is 0 Å². The fourth-order valence-electron chi connectivity index (χ4n) is 2.04. The minimum absolute atomic E-state index is 0.0145. The van der Waals surface area contributed by atoms with Crippen molar-refractivity contribution in [3.8, 4) is 0 Å². The summed E-state index contributed by atoms with van der Waals surface area (Å²) in [7, 11) is -4.01. The average Bonchev–Trinajstić information content (AvgIpc) is 2.59. The predicted molar refractivity (Wildman–Crippen MR) is 96.0 cm³/mol. The van der Waals surface area contributed by atoms with Gasteiger partial charge in [0.25, 0.3) is 5.91 Å². The van der Waals surface area contributed by atoms with Crippen LogP contribution in [0, 0.1) is 0 Å². The van der Waals surface area contributed by atoms with Gasteiger partial charge in [0.05, 0.1) is 15.5 Å². The van der Waals surface area contributed by atoms with Gasteiger partial charge in [0.15, 0.2) is 6.10 Å². The van der Waals surface area contributed by atoms with Gasteiger partial charge in [-0.2, -0.15) is 0 Å². The highest BCUT2D eigenvalue weighted by Gasteiger charge is 2.22. The molecule has 0 aliphatic rings. The van der Waals surface area contributed by atoms with Crippen LogP contribution in [0.1, 0.15) is 22.8 Å². The summed E-state index contributed by atoms with van der Waals surface area (Å²) in [6, 6.07) is 12.6. The summed E-state index contributed by atoms with van der Waals surface area (Å²) >= 11 is 5.91. The van der Waals surface area contributed by atoms with Gasteiger partial charge < -0.3 is 10.1 Å². The molecule has 0 unspecified atom stereocenters. The highest BCUT2D eigenvalue weighted by Crippen LogP contribution is 2.21. The van der Waals surface area contributed by atoms with Gasteiger partial charge in [-0.3, -0.25) is 4.79 Å². The van der Waals surface area contributed by atoms with Crippen molar-refractivity contribution in [2.24, 2.45) is 5.14 Å². The molecule has 1 atom stereocenters. The molecule has 0 aliphatic carbocycles. The van der Waals surface area contributed by atoms with Crippen LogP contribution < -0.4 is 10.5 Å². The van der Waals surface area contributed by atoms with Crippen molar-refractivity contribution >= 4 is 33.5 Å². The number of nitrogens with two attached hydrogens (primary N) is 1. The first-order valence-corrected chi connectivity index (χ1v) is 9.46. The summed E-state index contributed by atoms with van der Waals surface area (Å²) in [6.45, 7) is 1.68. The third-order valence-electron chi connectivity index (χ3n) is 3.45. The van der Waals surface area contributed by atoms with Crippen LogP contribution in [0.4, 0.5) is 0 Å². The van der Waals surface area contributed by atoms with E-state index in [1.807, 2.05) is 30.3 Å². The van der Waals surface area contributed by atoms with E-state index in [0.29, 0.717) is 0 Å². The number of primary sulfonamides is 1. The van der Waals surface area contributed by atoms with Gasteiger partial charge in [-0.05, 0) is 30.7 Å². The molecule has 0 radical (unpaired) electrons. The highest BCUT2D eigenvalue weighted by atomic mass is 35.5. The van der Waals surface area contributed by atoms with Crippen molar-refractivity contribution in [1.82, 2.24) is 5.32 Å². The number of nitrogens with one attached hydrogen (secondary N) is 1. The van der Waals surface area contributed by atoms with Crippen LogP contribution in [0.5, 0.6) is 0 Å². The Labute approximate surface area is 156 Å². The number of ether oxygens (including phenoxy) is 1. The molecular formula is C17H17ClN2O5S. The lowest BCUT2D eigenvalue weighted by atomic mass is 10.2. The molecule has 2 aromatic rings. The summed E-state index contributed by atoms with van der Waals surface area (Å²) in [5.74, 6) is -1.43. The lowest BCUT2D eigenvalue weighted by molar-refractivity contribution is -0.129. The van der Waals surface area contributed by atoms with Gasteiger partial charge in [0.2, 0.25) is 10.0 Å². The summed E-state index contributed by atoms with van der Waals surface area (Å²) in [6.07, 6.45) is -1.10. The number of hydrogen-bond acceptors (Lipinski definition) is 5. The maximum absolute atomic E-state index is 12.2. The van der Waals surface area contributed by atoms with Crippen LogP contribution >= 0.6 is 11.6 Å². The number of carbonyl (C=O) groups is 2. The SMILES string of the molecule is C[C@@H](OC(=O)c1cc(S(N)(=O)=O)ccc1Cl)C(=O)NCc1ccccc1. The number of sulfonamides is 1. The van der Waals surface area contributed by atoms with Crippen LogP contribution in [-0.4, -0.2) is 26.4 Å². The van der Waals surface area contributed by atoms with Gasteiger partial charge in [-0.15, -0.1) is 0 Å². The summed E-state index contributed by atoms with van der Waals surface area (Å²) in [5, 5.41) is 7.66. The maximum Gasteiger partial charge on any atom is 0.340 e. The van der Waals surface area contributed by atoms with Crippen molar-refractivity contribution in [3.63, 3.8) is 0 Å². The molecule has 0 saturated carbocycles. The molecule has 138 valence electrons. The fourth-order valence-corrected chi connectivity index (χ4v) is 2.78. The largest absolute Gasteiger partial charge is 0.449 e. The van der Waals surface area contributed by atoms with E-state index in [9.17, 15) is 18.0 Å². The van der Waals surface area contributed by atoms with E-state index >= 15 is 0 Å². The molecule has 0 saturated heterocycles. The molecule has 26 heavy (non-hydrogen) atoms. The minimum Gasteiger partial charge on any atom is -0.449 e. The molecular weight excluding hydrogens is 380 g/mol. The van der Waals surface area contributed by atoms with E-state index in [1.165, 1.54) is 19.1 Å². The van der Waals surface area contributed by atoms with Crippen LogP contribution in [0.15, 0.2) is 53.4 Å². The molecule has 0 spiro atoms. The topological polar surface area (TPSA) is 116 Å². The van der Waals surface area contributed by atoms with Crippen molar-refractivity contribution in [3.05, 3.63) is 64.7 Å². The molecule has 0 fully saturated rings. The molecule has 0 aliphatic heterocycles. The van der Waals surface area contributed by atoms with Gasteiger partial charge in [0, 0.05) is 6.54 Å². The quantitative estimate of drug-likeness (QED) is 0.723. The standard InChI is InChI=1S/C17H17ClN2O5S/c1-11(16(21)20-10-12-5-3-2-4-6-12)25-17(22)14-9-13(26(19,23)24)7-8-15(14)18/h2-9,11H,10H2,1H3,(H,20,21)(H2,19,23,24)/t11-/m1/s1. The van der Waals surface area contributed by atoms with E-state index in [4.69, 9.17) is 21.5 Å². The highest BCUT2D eigenvalue weighted by molar-refractivity contribution is 7.89. The Bertz CT molecular complexity index is 916. The number of benzene rings is 2. The zero-order chi connectivity index (χ0) is 19.3. The third-order valence-corrected chi connectivity index (χ3v) is 4.69. The Hall–Kier alpha value is -2.42. The summed E-state index contributed by atoms with van der Waals surface area (Å²) in [5.41, 5.74) is 0.698.